The first-order chi connectivity index (χ1) is 8.20. The van der Waals surface area contributed by atoms with E-state index in [0.717, 1.165) is 10.0 Å². The number of halogens is 1. The van der Waals surface area contributed by atoms with Gasteiger partial charge in [0.2, 0.25) is 5.89 Å². The third kappa shape index (κ3) is 2.74. The van der Waals surface area contributed by atoms with Crippen molar-refractivity contribution in [2.45, 2.75) is 6.92 Å². The van der Waals surface area contributed by atoms with Gasteiger partial charge in [-0.15, -0.1) is 0 Å². The topological polar surface area (TPSA) is 52.3 Å². The Hall–Kier alpha value is -1.62. The van der Waals surface area contributed by atoms with Crippen LogP contribution in [0.5, 0.6) is 0 Å². The lowest BCUT2D eigenvalue weighted by Crippen LogP contribution is -2.04. The third-order valence-electron chi connectivity index (χ3n) is 2.06. The molecular weight excluding hydrogens is 286 g/mol. The summed E-state index contributed by atoms with van der Waals surface area (Å²) in [6.07, 6.45) is 1.30. The number of benzene rings is 1. The van der Waals surface area contributed by atoms with E-state index in [-0.39, 0.29) is 5.69 Å². The molecule has 0 aliphatic rings. The Morgan fingerprint density at radius 2 is 2.35 bits per heavy atom. The van der Waals surface area contributed by atoms with Gasteiger partial charge in [0.05, 0.1) is 6.61 Å². The van der Waals surface area contributed by atoms with Gasteiger partial charge in [0.1, 0.15) is 6.26 Å². The summed E-state index contributed by atoms with van der Waals surface area (Å²) in [5.41, 5.74) is 0.983. The summed E-state index contributed by atoms with van der Waals surface area (Å²) < 4.78 is 11.0. The highest BCUT2D eigenvalue weighted by Gasteiger charge is 2.14. The number of carbonyl (C=O) groups excluding carboxylic acids is 1. The van der Waals surface area contributed by atoms with E-state index < -0.39 is 5.97 Å². The fourth-order valence-corrected chi connectivity index (χ4v) is 1.73. The predicted molar refractivity (Wildman–Crippen MR) is 65.6 cm³/mol. The lowest BCUT2D eigenvalue weighted by Gasteiger charge is -1.96. The molecule has 0 unspecified atom stereocenters. The Labute approximate surface area is 107 Å². The van der Waals surface area contributed by atoms with Crippen LogP contribution in [0.4, 0.5) is 0 Å². The van der Waals surface area contributed by atoms with Gasteiger partial charge in [0.15, 0.2) is 5.69 Å². The van der Waals surface area contributed by atoms with Crippen LogP contribution >= 0.6 is 15.9 Å². The number of hydrogen-bond acceptors (Lipinski definition) is 4. The standard InChI is InChI=1S/C12H10BrNO3/c1-2-16-12(15)10-7-17-11(14-10)8-4-3-5-9(13)6-8/h3-7H,2H2,1H3. The highest BCUT2D eigenvalue weighted by Crippen LogP contribution is 2.22. The summed E-state index contributed by atoms with van der Waals surface area (Å²) >= 11 is 3.36. The molecule has 0 bridgehead atoms. The molecule has 4 nitrogen and oxygen atoms in total. The van der Waals surface area contributed by atoms with Crippen molar-refractivity contribution in [3.8, 4) is 11.5 Å². The molecule has 88 valence electrons. The highest BCUT2D eigenvalue weighted by atomic mass is 79.9. The molecule has 17 heavy (non-hydrogen) atoms. The third-order valence-corrected chi connectivity index (χ3v) is 2.55. The summed E-state index contributed by atoms with van der Waals surface area (Å²) in [4.78, 5) is 15.5. The van der Waals surface area contributed by atoms with Gasteiger partial charge in [-0.3, -0.25) is 0 Å². The summed E-state index contributed by atoms with van der Waals surface area (Å²) in [5.74, 6) is -0.0770. The summed E-state index contributed by atoms with van der Waals surface area (Å²) in [6.45, 7) is 2.06. The SMILES string of the molecule is CCOC(=O)c1coc(-c2cccc(Br)c2)n1. The van der Waals surface area contributed by atoms with E-state index in [2.05, 4.69) is 20.9 Å². The van der Waals surface area contributed by atoms with E-state index >= 15 is 0 Å². The Morgan fingerprint density at radius 3 is 3.06 bits per heavy atom. The predicted octanol–water partition coefficient (Wildman–Crippen LogP) is 3.28. The molecule has 5 heteroatoms. The van der Waals surface area contributed by atoms with Crippen molar-refractivity contribution in [3.05, 3.63) is 40.7 Å². The van der Waals surface area contributed by atoms with Crippen LogP contribution in [-0.4, -0.2) is 17.6 Å². The molecule has 0 amide bonds. The monoisotopic (exact) mass is 295 g/mol. The van der Waals surface area contributed by atoms with Crippen molar-refractivity contribution in [3.63, 3.8) is 0 Å². The van der Waals surface area contributed by atoms with Gasteiger partial charge in [0.25, 0.3) is 0 Å². The van der Waals surface area contributed by atoms with Crippen LogP contribution in [0.2, 0.25) is 0 Å². The van der Waals surface area contributed by atoms with E-state index in [1.54, 1.807) is 6.92 Å². The van der Waals surface area contributed by atoms with Crippen LogP contribution in [-0.2, 0) is 4.74 Å². The summed E-state index contributed by atoms with van der Waals surface area (Å²) in [5, 5.41) is 0. The molecule has 0 fully saturated rings. The first-order valence-electron chi connectivity index (χ1n) is 5.09. The molecule has 0 spiro atoms. The van der Waals surface area contributed by atoms with Crippen LogP contribution in [0.25, 0.3) is 11.5 Å². The highest BCUT2D eigenvalue weighted by molar-refractivity contribution is 9.10. The van der Waals surface area contributed by atoms with Gasteiger partial charge >= 0.3 is 5.97 Å². The van der Waals surface area contributed by atoms with E-state index in [0.29, 0.717) is 12.5 Å². The number of carbonyl (C=O) groups is 1. The smallest absolute Gasteiger partial charge is 0.360 e. The number of oxazole rings is 1. The molecule has 0 saturated carbocycles. The zero-order chi connectivity index (χ0) is 12.3. The van der Waals surface area contributed by atoms with Crippen molar-refractivity contribution in [1.29, 1.82) is 0 Å². The number of hydrogen-bond donors (Lipinski definition) is 0. The Kier molecular flexibility index (Phi) is 3.58. The first kappa shape index (κ1) is 11.9. The van der Waals surface area contributed by atoms with Crippen LogP contribution in [0.15, 0.2) is 39.4 Å². The maximum Gasteiger partial charge on any atom is 0.360 e. The minimum Gasteiger partial charge on any atom is -0.461 e. The summed E-state index contributed by atoms with van der Waals surface area (Å²) in [7, 11) is 0. The van der Waals surface area contributed by atoms with Crippen molar-refractivity contribution in [2.75, 3.05) is 6.61 Å². The quantitative estimate of drug-likeness (QED) is 0.816. The molecule has 0 aliphatic carbocycles. The minimum atomic E-state index is -0.475. The molecule has 0 saturated heterocycles. The number of esters is 1. The van der Waals surface area contributed by atoms with Crippen molar-refractivity contribution < 1.29 is 13.9 Å². The minimum absolute atomic E-state index is 0.182. The molecule has 0 atom stereocenters. The van der Waals surface area contributed by atoms with Crippen LogP contribution in [0.3, 0.4) is 0 Å². The second kappa shape index (κ2) is 5.14. The van der Waals surface area contributed by atoms with Gasteiger partial charge in [-0.25, -0.2) is 9.78 Å². The van der Waals surface area contributed by atoms with Crippen LogP contribution in [0.1, 0.15) is 17.4 Å². The van der Waals surface area contributed by atoms with Gasteiger partial charge in [0, 0.05) is 10.0 Å². The van der Waals surface area contributed by atoms with E-state index in [1.165, 1.54) is 6.26 Å². The van der Waals surface area contributed by atoms with Gasteiger partial charge in [-0.1, -0.05) is 22.0 Å². The maximum atomic E-state index is 11.4. The average Bonchev–Trinajstić information content (AvgIpc) is 2.78. The van der Waals surface area contributed by atoms with Crippen LogP contribution < -0.4 is 0 Å². The molecule has 1 aromatic carbocycles. The Bertz CT molecular complexity index is 536. The van der Waals surface area contributed by atoms with E-state index in [4.69, 9.17) is 9.15 Å². The lowest BCUT2D eigenvalue weighted by atomic mass is 10.2. The number of ether oxygens (including phenoxy) is 1. The van der Waals surface area contributed by atoms with Crippen molar-refractivity contribution >= 4 is 21.9 Å². The number of aromatic nitrogens is 1. The molecule has 2 aromatic rings. The van der Waals surface area contributed by atoms with E-state index in [1.807, 2.05) is 24.3 Å². The van der Waals surface area contributed by atoms with E-state index in [9.17, 15) is 4.79 Å². The molecule has 1 heterocycles. The maximum absolute atomic E-state index is 11.4. The van der Waals surface area contributed by atoms with Gasteiger partial charge in [-0.2, -0.15) is 0 Å². The fraction of sp³-hybridized carbons (Fsp3) is 0.167. The number of nitrogens with zero attached hydrogens (tertiary/aromatic N) is 1. The second-order valence-electron chi connectivity index (χ2n) is 3.27. The molecule has 2 rings (SSSR count). The molecule has 0 radical (unpaired) electrons. The Balaban J connectivity index is 2.27. The first-order valence-corrected chi connectivity index (χ1v) is 5.88. The molecule has 0 aliphatic heterocycles. The molecule has 1 aromatic heterocycles. The Morgan fingerprint density at radius 1 is 1.53 bits per heavy atom. The van der Waals surface area contributed by atoms with Gasteiger partial charge < -0.3 is 9.15 Å². The second-order valence-corrected chi connectivity index (χ2v) is 4.18. The lowest BCUT2D eigenvalue weighted by molar-refractivity contribution is 0.0519. The van der Waals surface area contributed by atoms with Crippen molar-refractivity contribution in [1.82, 2.24) is 4.98 Å². The van der Waals surface area contributed by atoms with Crippen LogP contribution in [0, 0.1) is 0 Å². The largest absolute Gasteiger partial charge is 0.461 e. The summed E-state index contributed by atoms with van der Waals surface area (Å²) in [6, 6.07) is 7.48. The fourth-order valence-electron chi connectivity index (χ4n) is 1.33. The average molecular weight is 296 g/mol. The zero-order valence-electron chi connectivity index (χ0n) is 9.14. The van der Waals surface area contributed by atoms with Crippen molar-refractivity contribution in [2.24, 2.45) is 0 Å². The normalized spacial score (nSPS) is 10.2. The zero-order valence-corrected chi connectivity index (χ0v) is 10.7. The van der Waals surface area contributed by atoms with Gasteiger partial charge in [-0.05, 0) is 25.1 Å². The number of rotatable bonds is 3. The molecule has 0 N–H and O–H groups in total. The molecular formula is C12H10BrNO3.